The van der Waals surface area contributed by atoms with Gasteiger partial charge < -0.3 is 10.6 Å². The number of hydrogen-bond donors (Lipinski definition) is 2. The molecule has 0 unspecified atom stereocenters. The first kappa shape index (κ1) is 17.6. The average Bonchev–Trinajstić information content (AvgIpc) is 2.90. The van der Waals surface area contributed by atoms with E-state index in [-0.39, 0.29) is 5.91 Å². The molecular formula is C15H29N5O. The predicted octanol–water partition coefficient (Wildman–Crippen LogP) is 1.52. The Hall–Kier alpha value is -1.43. The summed E-state index contributed by atoms with van der Waals surface area (Å²) in [5.41, 5.74) is 1.09. The number of aromatic nitrogens is 3. The molecule has 1 aromatic rings. The zero-order valence-electron chi connectivity index (χ0n) is 13.4. The Morgan fingerprint density at radius 1 is 1.14 bits per heavy atom. The van der Waals surface area contributed by atoms with Gasteiger partial charge in [0.2, 0.25) is 5.91 Å². The van der Waals surface area contributed by atoms with Crippen LogP contribution in [-0.4, -0.2) is 41.0 Å². The fourth-order valence-corrected chi connectivity index (χ4v) is 2.19. The number of nitrogens with zero attached hydrogens (tertiary/aromatic N) is 3. The number of amides is 1. The minimum Gasteiger partial charge on any atom is -0.356 e. The maximum absolute atomic E-state index is 10.7. The predicted molar refractivity (Wildman–Crippen MR) is 84.0 cm³/mol. The van der Waals surface area contributed by atoms with E-state index in [9.17, 15) is 4.79 Å². The van der Waals surface area contributed by atoms with E-state index in [1.807, 2.05) is 11.7 Å². The molecule has 0 spiro atoms. The van der Waals surface area contributed by atoms with Crippen LogP contribution in [0.2, 0.25) is 0 Å². The molecule has 0 aliphatic rings. The number of carbonyl (C=O) groups excluding carboxylic acids is 1. The minimum atomic E-state index is 0.0554. The average molecular weight is 295 g/mol. The number of unbranched alkanes of at least 4 members (excludes halogenated alkanes) is 4. The maximum atomic E-state index is 10.7. The third-order valence-corrected chi connectivity index (χ3v) is 3.38. The van der Waals surface area contributed by atoms with Gasteiger partial charge in [-0.25, -0.2) is 0 Å². The second kappa shape index (κ2) is 11.3. The van der Waals surface area contributed by atoms with Crippen LogP contribution in [0.5, 0.6) is 0 Å². The number of nitrogens with one attached hydrogen (secondary N) is 2. The third kappa shape index (κ3) is 9.18. The highest BCUT2D eigenvalue weighted by Crippen LogP contribution is 2.04. The Kier molecular flexibility index (Phi) is 9.44. The highest BCUT2D eigenvalue weighted by atomic mass is 16.1. The van der Waals surface area contributed by atoms with Crippen LogP contribution in [0.4, 0.5) is 0 Å². The van der Waals surface area contributed by atoms with Gasteiger partial charge in [-0.05, 0) is 45.7 Å². The summed E-state index contributed by atoms with van der Waals surface area (Å²) in [6, 6.07) is 0. The molecule has 1 amide bonds. The van der Waals surface area contributed by atoms with E-state index in [2.05, 4.69) is 27.1 Å². The van der Waals surface area contributed by atoms with Crippen molar-refractivity contribution in [1.82, 2.24) is 25.6 Å². The molecule has 0 aliphatic carbocycles. The standard InChI is InChI=1S/C15H29N5O/c1-14(21)17-11-6-3-4-8-12-20-13-15(18-19-20)9-5-7-10-16-2/h13,16H,3-12H2,1-2H3,(H,17,21). The van der Waals surface area contributed by atoms with Gasteiger partial charge in [0.05, 0.1) is 5.69 Å². The number of rotatable bonds is 12. The first-order valence-corrected chi connectivity index (χ1v) is 8.00. The Balaban J connectivity index is 2.02. The lowest BCUT2D eigenvalue weighted by Gasteiger charge is -2.02. The topological polar surface area (TPSA) is 71.8 Å². The van der Waals surface area contributed by atoms with E-state index in [0.717, 1.165) is 63.9 Å². The van der Waals surface area contributed by atoms with Crippen LogP contribution in [0, 0.1) is 0 Å². The van der Waals surface area contributed by atoms with E-state index < -0.39 is 0 Å². The molecular weight excluding hydrogens is 266 g/mol. The second-order valence-electron chi connectivity index (χ2n) is 5.43. The van der Waals surface area contributed by atoms with Gasteiger partial charge in [-0.2, -0.15) is 0 Å². The van der Waals surface area contributed by atoms with Crippen molar-refractivity contribution in [3.63, 3.8) is 0 Å². The summed E-state index contributed by atoms with van der Waals surface area (Å²) < 4.78 is 1.95. The second-order valence-corrected chi connectivity index (χ2v) is 5.43. The minimum absolute atomic E-state index is 0.0554. The van der Waals surface area contributed by atoms with Gasteiger partial charge in [-0.1, -0.05) is 18.1 Å². The molecule has 0 radical (unpaired) electrons. The monoisotopic (exact) mass is 295 g/mol. The first-order valence-electron chi connectivity index (χ1n) is 8.00. The molecule has 1 rings (SSSR count). The van der Waals surface area contributed by atoms with Gasteiger partial charge >= 0.3 is 0 Å². The smallest absolute Gasteiger partial charge is 0.216 e. The molecule has 0 saturated carbocycles. The lowest BCUT2D eigenvalue weighted by atomic mass is 10.2. The first-order chi connectivity index (χ1) is 10.2. The molecule has 1 aromatic heterocycles. The lowest BCUT2D eigenvalue weighted by Crippen LogP contribution is -2.20. The van der Waals surface area contributed by atoms with Crippen molar-refractivity contribution >= 4 is 5.91 Å². The molecule has 0 atom stereocenters. The van der Waals surface area contributed by atoms with Crippen LogP contribution in [-0.2, 0) is 17.8 Å². The summed E-state index contributed by atoms with van der Waals surface area (Å²) in [6.07, 6.45) is 9.88. The van der Waals surface area contributed by atoms with Crippen LogP contribution < -0.4 is 10.6 Å². The normalized spacial score (nSPS) is 10.8. The van der Waals surface area contributed by atoms with Crippen LogP contribution in [0.25, 0.3) is 0 Å². The van der Waals surface area contributed by atoms with Gasteiger partial charge in [-0.3, -0.25) is 9.48 Å². The summed E-state index contributed by atoms with van der Waals surface area (Å²) in [4.78, 5) is 10.7. The number of aryl methyl sites for hydroxylation is 2. The Morgan fingerprint density at radius 2 is 1.90 bits per heavy atom. The van der Waals surface area contributed by atoms with Crippen LogP contribution in [0.3, 0.4) is 0 Å². The van der Waals surface area contributed by atoms with Crippen molar-refractivity contribution < 1.29 is 4.79 Å². The fraction of sp³-hybridized carbons (Fsp3) is 0.800. The van der Waals surface area contributed by atoms with Crippen molar-refractivity contribution in [2.75, 3.05) is 20.1 Å². The van der Waals surface area contributed by atoms with Crippen LogP contribution in [0.15, 0.2) is 6.20 Å². The molecule has 6 heteroatoms. The summed E-state index contributed by atoms with van der Waals surface area (Å²) in [5, 5.41) is 14.3. The highest BCUT2D eigenvalue weighted by molar-refractivity contribution is 5.72. The van der Waals surface area contributed by atoms with Crippen molar-refractivity contribution in [3.05, 3.63) is 11.9 Å². The Morgan fingerprint density at radius 3 is 2.67 bits per heavy atom. The van der Waals surface area contributed by atoms with E-state index in [4.69, 9.17) is 0 Å². The summed E-state index contributed by atoms with van der Waals surface area (Å²) in [6.45, 7) is 4.34. The van der Waals surface area contributed by atoms with Crippen molar-refractivity contribution in [2.45, 2.75) is 58.4 Å². The Labute approximate surface area is 127 Å². The molecule has 6 nitrogen and oxygen atoms in total. The quantitative estimate of drug-likeness (QED) is 0.574. The van der Waals surface area contributed by atoms with Gasteiger partial charge in [0.25, 0.3) is 0 Å². The largest absolute Gasteiger partial charge is 0.356 e. The van der Waals surface area contributed by atoms with E-state index in [1.54, 1.807) is 6.92 Å². The molecule has 0 bridgehead atoms. The zero-order valence-corrected chi connectivity index (χ0v) is 13.4. The fourth-order valence-electron chi connectivity index (χ4n) is 2.19. The van der Waals surface area contributed by atoms with Gasteiger partial charge in [0.15, 0.2) is 0 Å². The SMILES string of the molecule is CNCCCCc1cn(CCCCCCNC(C)=O)nn1. The van der Waals surface area contributed by atoms with Gasteiger partial charge in [0, 0.05) is 26.2 Å². The molecule has 0 saturated heterocycles. The lowest BCUT2D eigenvalue weighted by molar-refractivity contribution is -0.118. The number of hydrogen-bond acceptors (Lipinski definition) is 4. The van der Waals surface area contributed by atoms with Crippen LogP contribution in [0.1, 0.15) is 51.1 Å². The molecule has 2 N–H and O–H groups in total. The Bertz CT molecular complexity index is 391. The molecule has 0 aliphatic heterocycles. The van der Waals surface area contributed by atoms with E-state index >= 15 is 0 Å². The molecule has 21 heavy (non-hydrogen) atoms. The molecule has 1 heterocycles. The molecule has 0 aromatic carbocycles. The van der Waals surface area contributed by atoms with Crippen LogP contribution >= 0.6 is 0 Å². The van der Waals surface area contributed by atoms with Crippen molar-refractivity contribution in [3.8, 4) is 0 Å². The summed E-state index contributed by atoms with van der Waals surface area (Å²) >= 11 is 0. The van der Waals surface area contributed by atoms with Crippen molar-refractivity contribution in [2.24, 2.45) is 0 Å². The number of carbonyl (C=O) groups is 1. The van der Waals surface area contributed by atoms with Crippen molar-refractivity contribution in [1.29, 1.82) is 0 Å². The maximum Gasteiger partial charge on any atom is 0.216 e. The molecule has 0 fully saturated rings. The molecule has 120 valence electrons. The zero-order chi connectivity index (χ0) is 15.3. The van der Waals surface area contributed by atoms with E-state index in [1.165, 1.54) is 6.42 Å². The van der Waals surface area contributed by atoms with Gasteiger partial charge in [-0.15, -0.1) is 5.10 Å². The third-order valence-electron chi connectivity index (χ3n) is 3.38. The van der Waals surface area contributed by atoms with E-state index in [0.29, 0.717) is 0 Å². The highest BCUT2D eigenvalue weighted by Gasteiger charge is 2.00. The summed E-state index contributed by atoms with van der Waals surface area (Å²) in [5.74, 6) is 0.0554. The van der Waals surface area contributed by atoms with Gasteiger partial charge in [0.1, 0.15) is 0 Å². The summed E-state index contributed by atoms with van der Waals surface area (Å²) in [7, 11) is 1.98.